The van der Waals surface area contributed by atoms with Gasteiger partial charge in [-0.2, -0.15) is 0 Å². The van der Waals surface area contributed by atoms with E-state index in [-0.39, 0.29) is 10.8 Å². The van der Waals surface area contributed by atoms with E-state index in [1.165, 1.54) is 24.3 Å². The van der Waals surface area contributed by atoms with Crippen molar-refractivity contribution < 1.29 is 17.9 Å². The number of amides is 1. The summed E-state index contributed by atoms with van der Waals surface area (Å²) in [6, 6.07) is 18.3. The first-order chi connectivity index (χ1) is 15.2. The summed E-state index contributed by atoms with van der Waals surface area (Å²) in [4.78, 5) is 12.8. The zero-order valence-corrected chi connectivity index (χ0v) is 19.6. The van der Waals surface area contributed by atoms with E-state index in [0.717, 1.165) is 11.1 Å². The molecule has 0 radical (unpaired) electrons. The lowest BCUT2D eigenvalue weighted by molar-refractivity contribution is -0.122. The van der Waals surface area contributed by atoms with Gasteiger partial charge in [0.15, 0.2) is 6.10 Å². The minimum Gasteiger partial charge on any atom is -0.480 e. The van der Waals surface area contributed by atoms with Gasteiger partial charge < -0.3 is 10.1 Å². The van der Waals surface area contributed by atoms with E-state index in [0.29, 0.717) is 28.6 Å². The molecular weight excluding hydrogens is 448 g/mol. The van der Waals surface area contributed by atoms with Crippen LogP contribution in [0.15, 0.2) is 71.6 Å². The van der Waals surface area contributed by atoms with E-state index in [1.807, 2.05) is 39.0 Å². The van der Waals surface area contributed by atoms with E-state index in [9.17, 15) is 13.2 Å². The molecule has 0 unspecified atom stereocenters. The number of carbonyl (C=O) groups is 1. The Morgan fingerprint density at radius 1 is 1.03 bits per heavy atom. The van der Waals surface area contributed by atoms with Crippen LogP contribution in [-0.4, -0.2) is 20.4 Å². The van der Waals surface area contributed by atoms with Gasteiger partial charge in [-0.05, 0) is 73.9 Å². The van der Waals surface area contributed by atoms with Crippen molar-refractivity contribution in [1.82, 2.24) is 0 Å². The summed E-state index contributed by atoms with van der Waals surface area (Å²) in [5.74, 6) is 0.359. The number of sulfonamides is 1. The predicted molar refractivity (Wildman–Crippen MR) is 128 cm³/mol. The normalized spacial score (nSPS) is 12.1. The molecule has 6 nitrogen and oxygen atoms in total. The number of hydrogen-bond acceptors (Lipinski definition) is 4. The fraction of sp³-hybridized carbons (Fsp3) is 0.208. The van der Waals surface area contributed by atoms with Crippen molar-refractivity contribution in [3.63, 3.8) is 0 Å². The van der Waals surface area contributed by atoms with Gasteiger partial charge in [0.05, 0.1) is 15.6 Å². The average molecular weight is 473 g/mol. The Balaban J connectivity index is 1.69. The fourth-order valence-electron chi connectivity index (χ4n) is 3.00. The van der Waals surface area contributed by atoms with E-state index in [2.05, 4.69) is 10.0 Å². The number of carbonyl (C=O) groups excluding carboxylic acids is 1. The highest BCUT2D eigenvalue weighted by Gasteiger charge is 2.20. The number of benzene rings is 3. The molecule has 168 valence electrons. The quantitative estimate of drug-likeness (QED) is 0.450. The maximum Gasteiger partial charge on any atom is 0.265 e. The molecule has 8 heteroatoms. The molecule has 0 heterocycles. The van der Waals surface area contributed by atoms with Crippen LogP contribution in [0.4, 0.5) is 11.4 Å². The van der Waals surface area contributed by atoms with Gasteiger partial charge in [0.2, 0.25) is 0 Å². The largest absolute Gasteiger partial charge is 0.480 e. The first kappa shape index (κ1) is 23.6. The Hall–Kier alpha value is -3.03. The second-order valence-electron chi connectivity index (χ2n) is 7.38. The van der Waals surface area contributed by atoms with Crippen LogP contribution in [0.3, 0.4) is 0 Å². The van der Waals surface area contributed by atoms with Gasteiger partial charge in [-0.3, -0.25) is 9.52 Å². The van der Waals surface area contributed by atoms with Crippen LogP contribution in [-0.2, 0) is 14.8 Å². The smallest absolute Gasteiger partial charge is 0.265 e. The summed E-state index contributed by atoms with van der Waals surface area (Å²) in [7, 11) is -3.82. The van der Waals surface area contributed by atoms with Gasteiger partial charge in [-0.1, -0.05) is 42.8 Å². The van der Waals surface area contributed by atoms with Crippen LogP contribution in [0.5, 0.6) is 5.75 Å². The second kappa shape index (κ2) is 10.1. The van der Waals surface area contributed by atoms with Crippen LogP contribution in [0.1, 0.15) is 24.5 Å². The zero-order chi connectivity index (χ0) is 23.3. The molecule has 0 bridgehead atoms. The Bertz CT molecular complexity index is 1210. The lowest BCUT2D eigenvalue weighted by Crippen LogP contribution is -2.32. The maximum absolute atomic E-state index is 12.7. The van der Waals surface area contributed by atoms with Crippen molar-refractivity contribution in [2.75, 3.05) is 10.0 Å². The highest BCUT2D eigenvalue weighted by atomic mass is 35.5. The maximum atomic E-state index is 12.7. The molecule has 3 aromatic rings. The van der Waals surface area contributed by atoms with E-state index in [1.54, 1.807) is 24.3 Å². The van der Waals surface area contributed by atoms with E-state index in [4.69, 9.17) is 16.3 Å². The highest BCUT2D eigenvalue weighted by molar-refractivity contribution is 7.92. The van der Waals surface area contributed by atoms with Crippen LogP contribution in [0.2, 0.25) is 5.02 Å². The molecule has 3 rings (SSSR count). The lowest BCUT2D eigenvalue weighted by Gasteiger charge is -2.19. The molecule has 0 spiro atoms. The molecule has 0 aliphatic rings. The Morgan fingerprint density at radius 3 is 2.38 bits per heavy atom. The molecule has 1 atom stereocenters. The zero-order valence-electron chi connectivity index (χ0n) is 18.1. The molecule has 3 aromatic carbocycles. The average Bonchev–Trinajstić information content (AvgIpc) is 2.76. The van der Waals surface area contributed by atoms with Gasteiger partial charge in [0.1, 0.15) is 5.75 Å². The van der Waals surface area contributed by atoms with Gasteiger partial charge in [-0.25, -0.2) is 8.42 Å². The van der Waals surface area contributed by atoms with E-state index < -0.39 is 16.1 Å². The molecule has 0 saturated heterocycles. The van der Waals surface area contributed by atoms with E-state index >= 15 is 0 Å². The number of aryl methyl sites for hydroxylation is 2. The molecule has 0 aliphatic heterocycles. The Kier molecular flexibility index (Phi) is 7.43. The number of anilines is 2. The molecule has 0 fully saturated rings. The first-order valence-corrected chi connectivity index (χ1v) is 12.0. The standard InChI is InChI=1S/C24H25ClN2O4S/c1-4-22(31-23-15-16(2)9-10-17(23)3)24(28)26-18-11-13-19(14-12-18)32(29,30)27-21-8-6-5-7-20(21)25/h5-15,22,27H,4H2,1-3H3,(H,26,28)/t22-/m0/s1. The highest BCUT2D eigenvalue weighted by Crippen LogP contribution is 2.25. The number of para-hydroxylation sites is 1. The van der Waals surface area contributed by atoms with Gasteiger partial charge in [-0.15, -0.1) is 0 Å². The van der Waals surface area contributed by atoms with Crippen molar-refractivity contribution in [2.45, 2.75) is 38.2 Å². The number of halogens is 1. The summed E-state index contributed by atoms with van der Waals surface area (Å²) in [6.07, 6.45) is -0.200. The minimum absolute atomic E-state index is 0.0501. The third kappa shape index (κ3) is 5.81. The summed E-state index contributed by atoms with van der Waals surface area (Å²) < 4.78 is 33.6. The summed E-state index contributed by atoms with van der Waals surface area (Å²) in [6.45, 7) is 5.75. The summed E-state index contributed by atoms with van der Waals surface area (Å²) >= 11 is 6.03. The third-order valence-electron chi connectivity index (χ3n) is 4.83. The molecule has 32 heavy (non-hydrogen) atoms. The van der Waals surface area contributed by atoms with Crippen molar-refractivity contribution in [2.24, 2.45) is 0 Å². The van der Waals surface area contributed by atoms with Crippen molar-refractivity contribution in [3.05, 3.63) is 82.9 Å². The Morgan fingerprint density at radius 2 is 1.72 bits per heavy atom. The van der Waals surface area contributed by atoms with Crippen LogP contribution in [0.25, 0.3) is 0 Å². The second-order valence-corrected chi connectivity index (χ2v) is 9.47. The van der Waals surface area contributed by atoms with Crippen molar-refractivity contribution >= 4 is 38.9 Å². The molecular formula is C24H25ClN2O4S. The molecule has 1 amide bonds. The van der Waals surface area contributed by atoms with Crippen LogP contribution in [0, 0.1) is 13.8 Å². The predicted octanol–water partition coefficient (Wildman–Crippen LogP) is 5.55. The van der Waals surface area contributed by atoms with Crippen LogP contribution >= 0.6 is 11.6 Å². The van der Waals surface area contributed by atoms with Crippen molar-refractivity contribution in [3.8, 4) is 5.75 Å². The molecule has 0 saturated carbocycles. The fourth-order valence-corrected chi connectivity index (χ4v) is 4.32. The van der Waals surface area contributed by atoms with Gasteiger partial charge >= 0.3 is 0 Å². The third-order valence-corrected chi connectivity index (χ3v) is 6.54. The number of nitrogens with one attached hydrogen (secondary N) is 2. The first-order valence-electron chi connectivity index (χ1n) is 10.1. The number of ether oxygens (including phenoxy) is 1. The Labute approximate surface area is 193 Å². The number of rotatable bonds is 8. The van der Waals surface area contributed by atoms with Gasteiger partial charge in [0, 0.05) is 5.69 Å². The number of hydrogen-bond donors (Lipinski definition) is 2. The summed E-state index contributed by atoms with van der Waals surface area (Å²) in [5.41, 5.74) is 2.75. The minimum atomic E-state index is -3.82. The molecule has 0 aliphatic carbocycles. The topological polar surface area (TPSA) is 84.5 Å². The summed E-state index contributed by atoms with van der Waals surface area (Å²) in [5, 5.41) is 3.08. The van der Waals surface area contributed by atoms with Gasteiger partial charge in [0.25, 0.3) is 15.9 Å². The lowest BCUT2D eigenvalue weighted by atomic mass is 10.1. The van der Waals surface area contributed by atoms with Crippen LogP contribution < -0.4 is 14.8 Å². The monoisotopic (exact) mass is 472 g/mol. The SMILES string of the molecule is CC[C@H](Oc1cc(C)ccc1C)C(=O)Nc1ccc(S(=O)(=O)Nc2ccccc2Cl)cc1. The molecule has 0 aromatic heterocycles. The van der Waals surface area contributed by atoms with Crippen molar-refractivity contribution in [1.29, 1.82) is 0 Å². The molecule has 2 N–H and O–H groups in total.